The van der Waals surface area contributed by atoms with Gasteiger partial charge in [-0.15, -0.1) is 0 Å². The molecule has 1 aliphatic carbocycles. The SMILES string of the molecule is COCCC(C)NC(=O)CC1CCC(N)CC1. The first-order valence-electron chi connectivity index (χ1n) is 6.65. The van der Waals surface area contributed by atoms with Crippen LogP contribution in [-0.2, 0) is 9.53 Å². The van der Waals surface area contributed by atoms with E-state index >= 15 is 0 Å². The number of methoxy groups -OCH3 is 1. The number of rotatable bonds is 6. The summed E-state index contributed by atoms with van der Waals surface area (Å²) in [6.07, 6.45) is 5.86. The van der Waals surface area contributed by atoms with E-state index in [1.165, 1.54) is 0 Å². The zero-order chi connectivity index (χ0) is 12.7. The van der Waals surface area contributed by atoms with Crippen molar-refractivity contribution in [3.05, 3.63) is 0 Å². The minimum atomic E-state index is 0.175. The van der Waals surface area contributed by atoms with Crippen LogP contribution in [0.25, 0.3) is 0 Å². The molecule has 3 N–H and O–H groups in total. The van der Waals surface area contributed by atoms with Gasteiger partial charge in [-0.25, -0.2) is 0 Å². The molecule has 1 aliphatic rings. The van der Waals surface area contributed by atoms with Crippen molar-refractivity contribution in [1.82, 2.24) is 5.32 Å². The summed E-state index contributed by atoms with van der Waals surface area (Å²) in [4.78, 5) is 11.8. The molecule has 0 spiro atoms. The van der Waals surface area contributed by atoms with Crippen LogP contribution in [0.3, 0.4) is 0 Å². The van der Waals surface area contributed by atoms with Crippen molar-refractivity contribution in [2.24, 2.45) is 11.7 Å². The molecule has 100 valence electrons. The molecule has 1 rings (SSSR count). The Hall–Kier alpha value is -0.610. The number of hydrogen-bond donors (Lipinski definition) is 2. The van der Waals surface area contributed by atoms with Gasteiger partial charge in [-0.05, 0) is 44.9 Å². The molecule has 4 nitrogen and oxygen atoms in total. The average Bonchev–Trinajstić information content (AvgIpc) is 2.29. The lowest BCUT2D eigenvalue weighted by atomic mass is 9.84. The Labute approximate surface area is 104 Å². The zero-order valence-corrected chi connectivity index (χ0v) is 11.1. The third-order valence-electron chi connectivity index (χ3n) is 3.53. The van der Waals surface area contributed by atoms with Crippen LogP contribution in [-0.4, -0.2) is 31.7 Å². The van der Waals surface area contributed by atoms with E-state index in [1.807, 2.05) is 6.92 Å². The van der Waals surface area contributed by atoms with E-state index in [1.54, 1.807) is 7.11 Å². The highest BCUT2D eigenvalue weighted by Gasteiger charge is 2.21. The molecule has 0 aromatic rings. The second-order valence-corrected chi connectivity index (χ2v) is 5.23. The van der Waals surface area contributed by atoms with Crippen molar-refractivity contribution in [2.45, 2.75) is 57.5 Å². The van der Waals surface area contributed by atoms with Gasteiger partial charge in [0.25, 0.3) is 0 Å². The first-order chi connectivity index (χ1) is 8.11. The van der Waals surface area contributed by atoms with Gasteiger partial charge in [0.1, 0.15) is 0 Å². The third kappa shape index (κ3) is 6.03. The average molecular weight is 242 g/mol. The molecule has 0 radical (unpaired) electrons. The van der Waals surface area contributed by atoms with Gasteiger partial charge < -0.3 is 15.8 Å². The Morgan fingerprint density at radius 2 is 2.06 bits per heavy atom. The van der Waals surface area contributed by atoms with E-state index in [9.17, 15) is 4.79 Å². The van der Waals surface area contributed by atoms with Gasteiger partial charge in [-0.2, -0.15) is 0 Å². The normalized spacial score (nSPS) is 26.5. The lowest BCUT2D eigenvalue weighted by Crippen LogP contribution is -2.35. The van der Waals surface area contributed by atoms with Crippen LogP contribution < -0.4 is 11.1 Å². The molecule has 0 heterocycles. The smallest absolute Gasteiger partial charge is 0.220 e. The number of hydrogen-bond acceptors (Lipinski definition) is 3. The molecule has 1 fully saturated rings. The van der Waals surface area contributed by atoms with Crippen LogP contribution in [0.1, 0.15) is 45.4 Å². The third-order valence-corrected chi connectivity index (χ3v) is 3.53. The van der Waals surface area contributed by atoms with Crippen LogP contribution in [0.5, 0.6) is 0 Å². The van der Waals surface area contributed by atoms with Crippen LogP contribution in [0.15, 0.2) is 0 Å². The van der Waals surface area contributed by atoms with E-state index in [4.69, 9.17) is 10.5 Å². The lowest BCUT2D eigenvalue weighted by molar-refractivity contribution is -0.123. The Morgan fingerprint density at radius 1 is 1.41 bits per heavy atom. The van der Waals surface area contributed by atoms with Crippen molar-refractivity contribution in [1.29, 1.82) is 0 Å². The highest BCUT2D eigenvalue weighted by Crippen LogP contribution is 2.25. The molecule has 0 saturated heterocycles. The predicted molar refractivity (Wildman–Crippen MR) is 68.6 cm³/mol. The van der Waals surface area contributed by atoms with Crippen LogP contribution >= 0.6 is 0 Å². The van der Waals surface area contributed by atoms with Crippen LogP contribution in [0, 0.1) is 5.92 Å². The molecule has 4 heteroatoms. The summed E-state index contributed by atoms with van der Waals surface area (Å²) < 4.78 is 4.99. The van der Waals surface area contributed by atoms with Gasteiger partial charge in [0, 0.05) is 32.2 Å². The molecular formula is C13H26N2O2. The van der Waals surface area contributed by atoms with E-state index in [0.717, 1.165) is 32.1 Å². The van der Waals surface area contributed by atoms with Gasteiger partial charge in [0.05, 0.1) is 0 Å². The van der Waals surface area contributed by atoms with Crippen LogP contribution in [0.2, 0.25) is 0 Å². The van der Waals surface area contributed by atoms with E-state index in [2.05, 4.69) is 5.32 Å². The van der Waals surface area contributed by atoms with Crippen molar-refractivity contribution in [2.75, 3.05) is 13.7 Å². The maximum absolute atomic E-state index is 11.8. The number of ether oxygens (including phenoxy) is 1. The standard InChI is InChI=1S/C13H26N2O2/c1-10(7-8-17-2)15-13(16)9-11-3-5-12(14)6-4-11/h10-12H,3-9,14H2,1-2H3,(H,15,16). The molecular weight excluding hydrogens is 216 g/mol. The van der Waals surface area contributed by atoms with Gasteiger partial charge in [-0.3, -0.25) is 4.79 Å². The fourth-order valence-corrected chi connectivity index (χ4v) is 2.36. The largest absolute Gasteiger partial charge is 0.385 e. The highest BCUT2D eigenvalue weighted by molar-refractivity contribution is 5.76. The van der Waals surface area contributed by atoms with Crippen molar-refractivity contribution in [3.63, 3.8) is 0 Å². The Bertz CT molecular complexity index is 225. The summed E-state index contributed by atoms with van der Waals surface area (Å²) in [5, 5.41) is 3.02. The number of nitrogens with two attached hydrogens (primary N) is 1. The van der Waals surface area contributed by atoms with Gasteiger partial charge in [0.15, 0.2) is 0 Å². The summed E-state index contributed by atoms with van der Waals surface area (Å²) in [6, 6.07) is 0.559. The number of nitrogens with one attached hydrogen (secondary N) is 1. The fraction of sp³-hybridized carbons (Fsp3) is 0.923. The Balaban J connectivity index is 2.16. The first kappa shape index (κ1) is 14.5. The molecule has 1 saturated carbocycles. The number of carbonyl (C=O) groups is 1. The predicted octanol–water partition coefficient (Wildman–Crippen LogP) is 1.44. The summed E-state index contributed by atoms with van der Waals surface area (Å²) in [5.41, 5.74) is 5.85. The van der Waals surface area contributed by atoms with E-state index in [-0.39, 0.29) is 11.9 Å². The van der Waals surface area contributed by atoms with Gasteiger partial charge in [0.2, 0.25) is 5.91 Å². The molecule has 17 heavy (non-hydrogen) atoms. The topological polar surface area (TPSA) is 64.3 Å². The maximum Gasteiger partial charge on any atom is 0.220 e. The molecule has 0 aromatic carbocycles. The second kappa shape index (κ2) is 7.67. The van der Waals surface area contributed by atoms with Gasteiger partial charge in [-0.1, -0.05) is 0 Å². The fourth-order valence-electron chi connectivity index (χ4n) is 2.36. The second-order valence-electron chi connectivity index (χ2n) is 5.23. The Morgan fingerprint density at radius 3 is 2.65 bits per heavy atom. The summed E-state index contributed by atoms with van der Waals surface area (Å²) in [7, 11) is 1.68. The summed E-state index contributed by atoms with van der Waals surface area (Å²) in [5.74, 6) is 0.707. The molecule has 1 amide bonds. The molecule has 0 bridgehead atoms. The highest BCUT2D eigenvalue weighted by atomic mass is 16.5. The lowest BCUT2D eigenvalue weighted by Gasteiger charge is -2.26. The molecule has 0 aromatic heterocycles. The van der Waals surface area contributed by atoms with Crippen LogP contribution in [0.4, 0.5) is 0 Å². The zero-order valence-electron chi connectivity index (χ0n) is 11.1. The summed E-state index contributed by atoms with van der Waals surface area (Å²) >= 11 is 0. The first-order valence-corrected chi connectivity index (χ1v) is 6.65. The van der Waals surface area contributed by atoms with E-state index < -0.39 is 0 Å². The van der Waals surface area contributed by atoms with Crippen molar-refractivity contribution >= 4 is 5.91 Å². The number of amides is 1. The molecule has 1 unspecified atom stereocenters. The molecule has 0 aliphatic heterocycles. The minimum Gasteiger partial charge on any atom is -0.385 e. The van der Waals surface area contributed by atoms with Crippen molar-refractivity contribution in [3.8, 4) is 0 Å². The minimum absolute atomic E-state index is 0.175. The molecule has 1 atom stereocenters. The van der Waals surface area contributed by atoms with E-state index in [0.29, 0.717) is 25.0 Å². The maximum atomic E-state index is 11.8. The monoisotopic (exact) mass is 242 g/mol. The Kier molecular flexibility index (Phi) is 6.52. The summed E-state index contributed by atoms with van der Waals surface area (Å²) in [6.45, 7) is 2.72. The number of carbonyl (C=O) groups excluding carboxylic acids is 1. The quantitative estimate of drug-likeness (QED) is 0.740. The van der Waals surface area contributed by atoms with Crippen molar-refractivity contribution < 1.29 is 9.53 Å². The van der Waals surface area contributed by atoms with Gasteiger partial charge >= 0.3 is 0 Å².